The lowest BCUT2D eigenvalue weighted by Crippen LogP contribution is -2.38. The number of hydrogen-bond donors (Lipinski definition) is 1. The molecule has 41 heavy (non-hydrogen) atoms. The van der Waals surface area contributed by atoms with Crippen LogP contribution in [0, 0.1) is 20.8 Å². The Labute approximate surface area is 240 Å². The van der Waals surface area contributed by atoms with Crippen molar-refractivity contribution in [1.82, 2.24) is 24.6 Å². The highest BCUT2D eigenvalue weighted by molar-refractivity contribution is 5.92. The topological polar surface area (TPSA) is 79.2 Å². The number of nitrogens with zero attached hydrogens (tertiary/aromatic N) is 6. The summed E-state index contributed by atoms with van der Waals surface area (Å²) in [6.07, 6.45) is 1.46. The lowest BCUT2D eigenvalue weighted by atomic mass is 10.1. The van der Waals surface area contributed by atoms with Gasteiger partial charge in [0.25, 0.3) is 0 Å². The Bertz CT molecular complexity index is 1680. The molecule has 1 N–H and O–H groups in total. The van der Waals surface area contributed by atoms with Crippen LogP contribution in [0.25, 0.3) is 16.7 Å². The molecule has 3 aromatic carbocycles. The van der Waals surface area contributed by atoms with Crippen LogP contribution in [0.2, 0.25) is 0 Å². The fraction of sp³-hybridized carbons (Fsp3) is 0.273. The Balaban J connectivity index is 1.32. The molecule has 0 unspecified atom stereocenters. The average Bonchev–Trinajstić information content (AvgIpc) is 3.15. The van der Waals surface area contributed by atoms with Gasteiger partial charge < -0.3 is 15.1 Å². The van der Waals surface area contributed by atoms with Crippen LogP contribution in [0.3, 0.4) is 0 Å². The second-order valence-electron chi connectivity index (χ2n) is 10.7. The first-order valence-electron chi connectivity index (χ1n) is 14.2. The minimum atomic E-state index is -0.0637. The summed E-state index contributed by atoms with van der Waals surface area (Å²) < 4.78 is 1.92. The van der Waals surface area contributed by atoms with Crippen molar-refractivity contribution in [3.63, 3.8) is 0 Å². The molecular formula is C33H35N7O. The van der Waals surface area contributed by atoms with E-state index in [1.54, 1.807) is 0 Å². The van der Waals surface area contributed by atoms with Gasteiger partial charge in [0.1, 0.15) is 11.6 Å². The number of rotatable bonds is 5. The van der Waals surface area contributed by atoms with Crippen molar-refractivity contribution in [2.24, 2.45) is 0 Å². The van der Waals surface area contributed by atoms with Crippen LogP contribution in [0.15, 0.2) is 78.9 Å². The molecule has 0 radical (unpaired) electrons. The summed E-state index contributed by atoms with van der Waals surface area (Å²) in [7, 11) is 0. The molecule has 1 saturated heterocycles. The van der Waals surface area contributed by atoms with Crippen LogP contribution in [0.4, 0.5) is 16.3 Å². The average molecular weight is 546 g/mol. The Kier molecular flexibility index (Phi) is 7.37. The van der Waals surface area contributed by atoms with Crippen molar-refractivity contribution in [3.8, 4) is 5.69 Å². The Morgan fingerprint density at radius 1 is 0.829 bits per heavy atom. The molecule has 3 heterocycles. The molecule has 5 aromatic rings. The SMILES string of the molecule is Cc1cccc(NC(=O)N2CCCN(c3nc(Cc4ccccc4)nc4c3c(C)nn4-c3ccccc3)CC2)c1C. The number of carbonyl (C=O) groups is 1. The number of benzene rings is 3. The van der Waals surface area contributed by atoms with E-state index >= 15 is 0 Å². The molecule has 1 aliphatic rings. The molecule has 2 aromatic heterocycles. The summed E-state index contributed by atoms with van der Waals surface area (Å²) in [6.45, 7) is 8.87. The molecule has 2 amide bonds. The summed E-state index contributed by atoms with van der Waals surface area (Å²) in [6, 6.07) is 26.4. The molecular weight excluding hydrogens is 510 g/mol. The molecule has 0 aliphatic carbocycles. The van der Waals surface area contributed by atoms with Gasteiger partial charge in [-0.1, -0.05) is 60.7 Å². The minimum Gasteiger partial charge on any atom is -0.354 e. The Hall–Kier alpha value is -4.72. The Morgan fingerprint density at radius 2 is 1.59 bits per heavy atom. The van der Waals surface area contributed by atoms with E-state index in [0.29, 0.717) is 26.1 Å². The van der Waals surface area contributed by atoms with Crippen LogP contribution < -0.4 is 10.2 Å². The van der Waals surface area contributed by atoms with E-state index in [1.807, 2.05) is 84.1 Å². The number of fused-ring (bicyclic) bond motifs is 1. The van der Waals surface area contributed by atoms with Gasteiger partial charge in [-0.25, -0.2) is 19.4 Å². The third kappa shape index (κ3) is 5.50. The number of urea groups is 1. The lowest BCUT2D eigenvalue weighted by Gasteiger charge is -2.24. The molecule has 8 heteroatoms. The van der Waals surface area contributed by atoms with Gasteiger partial charge in [0.2, 0.25) is 0 Å². The van der Waals surface area contributed by atoms with E-state index in [1.165, 1.54) is 0 Å². The highest BCUT2D eigenvalue weighted by Gasteiger charge is 2.25. The van der Waals surface area contributed by atoms with E-state index < -0.39 is 0 Å². The minimum absolute atomic E-state index is 0.0637. The van der Waals surface area contributed by atoms with Crippen LogP contribution in [-0.4, -0.2) is 56.9 Å². The first-order chi connectivity index (χ1) is 20.0. The number of carbonyl (C=O) groups excluding carboxylic acids is 1. The van der Waals surface area contributed by atoms with Crippen molar-refractivity contribution in [3.05, 3.63) is 107 Å². The maximum Gasteiger partial charge on any atom is 0.321 e. The van der Waals surface area contributed by atoms with E-state index in [9.17, 15) is 4.79 Å². The zero-order valence-electron chi connectivity index (χ0n) is 23.8. The maximum absolute atomic E-state index is 13.3. The summed E-state index contributed by atoms with van der Waals surface area (Å²) >= 11 is 0. The summed E-state index contributed by atoms with van der Waals surface area (Å²) in [5, 5.41) is 8.99. The zero-order valence-corrected chi connectivity index (χ0v) is 23.8. The van der Waals surface area contributed by atoms with Crippen LogP contribution >= 0.6 is 0 Å². The van der Waals surface area contributed by atoms with Crippen molar-refractivity contribution in [1.29, 1.82) is 0 Å². The molecule has 8 nitrogen and oxygen atoms in total. The van der Waals surface area contributed by atoms with Crippen molar-refractivity contribution in [2.75, 3.05) is 36.4 Å². The van der Waals surface area contributed by atoms with Gasteiger partial charge in [-0.3, -0.25) is 0 Å². The predicted octanol–water partition coefficient (Wildman–Crippen LogP) is 6.08. The molecule has 0 bridgehead atoms. The molecule has 1 fully saturated rings. The second-order valence-corrected chi connectivity index (χ2v) is 10.7. The van der Waals surface area contributed by atoms with Gasteiger partial charge in [0.15, 0.2) is 5.65 Å². The molecule has 6 rings (SSSR count). The fourth-order valence-electron chi connectivity index (χ4n) is 5.45. The van der Waals surface area contributed by atoms with Gasteiger partial charge >= 0.3 is 6.03 Å². The summed E-state index contributed by atoms with van der Waals surface area (Å²) in [5.41, 5.74) is 6.93. The molecule has 0 saturated carbocycles. The number of anilines is 2. The van der Waals surface area contributed by atoms with Gasteiger partial charge in [-0.2, -0.15) is 5.10 Å². The molecule has 0 spiro atoms. The monoisotopic (exact) mass is 545 g/mol. The third-order valence-electron chi connectivity index (χ3n) is 7.86. The van der Waals surface area contributed by atoms with Crippen LogP contribution in [-0.2, 0) is 6.42 Å². The number of para-hydroxylation sites is 1. The predicted molar refractivity (Wildman–Crippen MR) is 164 cm³/mol. The zero-order chi connectivity index (χ0) is 28.3. The smallest absolute Gasteiger partial charge is 0.321 e. The van der Waals surface area contributed by atoms with Gasteiger partial charge in [-0.15, -0.1) is 0 Å². The third-order valence-corrected chi connectivity index (χ3v) is 7.86. The van der Waals surface area contributed by atoms with E-state index in [-0.39, 0.29) is 6.03 Å². The first-order valence-corrected chi connectivity index (χ1v) is 14.2. The van der Waals surface area contributed by atoms with Crippen molar-refractivity contribution in [2.45, 2.75) is 33.6 Å². The second kappa shape index (κ2) is 11.4. The van der Waals surface area contributed by atoms with E-state index in [2.05, 4.69) is 35.3 Å². The van der Waals surface area contributed by atoms with Gasteiger partial charge in [0.05, 0.1) is 16.8 Å². The Morgan fingerprint density at radius 3 is 2.37 bits per heavy atom. The molecule has 208 valence electrons. The van der Waals surface area contributed by atoms with Crippen LogP contribution in [0.1, 0.15) is 34.6 Å². The summed E-state index contributed by atoms with van der Waals surface area (Å²) in [4.78, 5) is 27.6. The normalized spacial score (nSPS) is 13.8. The van der Waals surface area contributed by atoms with Crippen molar-refractivity contribution < 1.29 is 4.79 Å². The van der Waals surface area contributed by atoms with Crippen LogP contribution in [0.5, 0.6) is 0 Å². The fourth-order valence-corrected chi connectivity index (χ4v) is 5.45. The van der Waals surface area contributed by atoms with E-state index in [0.717, 1.165) is 69.4 Å². The molecule has 0 atom stereocenters. The van der Waals surface area contributed by atoms with Gasteiger partial charge in [0, 0.05) is 38.3 Å². The number of aryl methyl sites for hydroxylation is 2. The first kappa shape index (κ1) is 26.5. The quantitative estimate of drug-likeness (QED) is 0.290. The maximum atomic E-state index is 13.3. The standard InChI is InChI=1S/C33H35N7O/c1-23-12-10-17-28(24(23)2)34-33(41)39-19-11-18-38(20-21-39)31-30-25(3)37-40(27-15-8-5-9-16-27)32(30)36-29(35-31)22-26-13-6-4-7-14-26/h4-10,12-17H,11,18-22H2,1-3H3,(H,34,41). The number of hydrogen-bond acceptors (Lipinski definition) is 5. The largest absolute Gasteiger partial charge is 0.354 e. The highest BCUT2D eigenvalue weighted by Crippen LogP contribution is 2.30. The number of amides is 2. The highest BCUT2D eigenvalue weighted by atomic mass is 16.2. The number of aromatic nitrogens is 4. The molecule has 1 aliphatic heterocycles. The van der Waals surface area contributed by atoms with Crippen molar-refractivity contribution >= 4 is 28.6 Å². The van der Waals surface area contributed by atoms with E-state index in [4.69, 9.17) is 15.1 Å². The lowest BCUT2D eigenvalue weighted by molar-refractivity contribution is 0.215. The number of nitrogens with one attached hydrogen (secondary N) is 1. The van der Waals surface area contributed by atoms with Gasteiger partial charge in [-0.05, 0) is 62.1 Å². The summed E-state index contributed by atoms with van der Waals surface area (Å²) in [5.74, 6) is 1.64.